The van der Waals surface area contributed by atoms with Gasteiger partial charge < -0.3 is 15.6 Å². The first kappa shape index (κ1) is 14.0. The van der Waals surface area contributed by atoms with Crippen LogP contribution in [-0.2, 0) is 0 Å². The molecule has 7 heteroatoms. The number of nitrogens with zero attached hydrogens (tertiary/aromatic N) is 3. The molecule has 2 heterocycles. The van der Waals surface area contributed by atoms with Crippen LogP contribution in [0.15, 0.2) is 24.8 Å². The molecule has 0 aliphatic rings. The number of H-pyrrole nitrogens is 1. The molecule has 0 fully saturated rings. The van der Waals surface area contributed by atoms with Crippen LogP contribution in [0.4, 0.5) is 5.82 Å². The van der Waals surface area contributed by atoms with E-state index in [9.17, 15) is 4.79 Å². The van der Waals surface area contributed by atoms with Gasteiger partial charge in [-0.2, -0.15) is 0 Å². The molecular formula is C13H18N6O. The van der Waals surface area contributed by atoms with Gasteiger partial charge in [-0.25, -0.2) is 15.0 Å². The van der Waals surface area contributed by atoms with E-state index in [1.807, 2.05) is 6.92 Å². The normalized spacial score (nSPS) is 11.9. The van der Waals surface area contributed by atoms with E-state index in [4.69, 9.17) is 0 Å². The molecule has 7 nitrogen and oxygen atoms in total. The Balaban J connectivity index is 1.95. The number of carbonyl (C=O) groups excluding carboxylic acids is 1. The van der Waals surface area contributed by atoms with Gasteiger partial charge in [0.15, 0.2) is 0 Å². The maximum Gasteiger partial charge on any atom is 0.272 e. The first-order chi connectivity index (χ1) is 9.70. The molecule has 0 radical (unpaired) electrons. The molecule has 0 bridgehead atoms. The summed E-state index contributed by atoms with van der Waals surface area (Å²) in [7, 11) is 0. The third-order valence-corrected chi connectivity index (χ3v) is 2.72. The standard InChI is InChI=1S/C13H18N6O/c1-3-4-14-11-8-17-10(7-18-11)13(20)19-9(2)12-15-5-6-16-12/h5-9H,3-4H2,1-2H3,(H,14,18)(H,15,16)(H,19,20). The van der Waals surface area contributed by atoms with Crippen LogP contribution in [0.25, 0.3) is 0 Å². The Bertz CT molecular complexity index is 536. The second-order valence-electron chi connectivity index (χ2n) is 4.38. The number of aromatic amines is 1. The van der Waals surface area contributed by atoms with Crippen molar-refractivity contribution in [3.8, 4) is 0 Å². The first-order valence-corrected chi connectivity index (χ1v) is 6.56. The van der Waals surface area contributed by atoms with Crippen LogP contribution in [0.1, 0.15) is 42.6 Å². The minimum absolute atomic E-state index is 0.211. The zero-order valence-electron chi connectivity index (χ0n) is 11.6. The van der Waals surface area contributed by atoms with Crippen molar-refractivity contribution in [2.75, 3.05) is 11.9 Å². The highest BCUT2D eigenvalue weighted by Gasteiger charge is 2.14. The van der Waals surface area contributed by atoms with E-state index >= 15 is 0 Å². The number of imidazole rings is 1. The molecule has 0 spiro atoms. The fraction of sp³-hybridized carbons (Fsp3) is 0.385. The topological polar surface area (TPSA) is 95.6 Å². The summed E-state index contributed by atoms with van der Waals surface area (Å²) < 4.78 is 0. The zero-order valence-corrected chi connectivity index (χ0v) is 11.6. The molecule has 1 unspecified atom stereocenters. The van der Waals surface area contributed by atoms with Gasteiger partial charge in [0.1, 0.15) is 17.3 Å². The van der Waals surface area contributed by atoms with Gasteiger partial charge in [-0.05, 0) is 13.3 Å². The highest BCUT2D eigenvalue weighted by atomic mass is 16.1. The maximum absolute atomic E-state index is 12.0. The second kappa shape index (κ2) is 6.65. The zero-order chi connectivity index (χ0) is 14.4. The van der Waals surface area contributed by atoms with Crippen LogP contribution in [0.2, 0.25) is 0 Å². The third kappa shape index (κ3) is 3.53. The average molecular weight is 274 g/mol. The van der Waals surface area contributed by atoms with E-state index in [2.05, 4.69) is 37.5 Å². The number of carbonyl (C=O) groups is 1. The number of amides is 1. The lowest BCUT2D eigenvalue weighted by atomic mass is 10.3. The first-order valence-electron chi connectivity index (χ1n) is 6.56. The summed E-state index contributed by atoms with van der Waals surface area (Å²) in [5.41, 5.74) is 0.283. The highest BCUT2D eigenvalue weighted by Crippen LogP contribution is 2.07. The number of aromatic nitrogens is 4. The summed E-state index contributed by atoms with van der Waals surface area (Å²) in [6.07, 6.45) is 7.38. The lowest BCUT2D eigenvalue weighted by molar-refractivity contribution is 0.0933. The average Bonchev–Trinajstić information content (AvgIpc) is 3.00. The van der Waals surface area contributed by atoms with E-state index in [1.54, 1.807) is 18.6 Å². The largest absolute Gasteiger partial charge is 0.369 e. The molecule has 0 aliphatic carbocycles. The van der Waals surface area contributed by atoms with Gasteiger partial charge >= 0.3 is 0 Å². The van der Waals surface area contributed by atoms with Crippen molar-refractivity contribution < 1.29 is 4.79 Å². The summed E-state index contributed by atoms with van der Waals surface area (Å²) in [4.78, 5) is 27.3. The van der Waals surface area contributed by atoms with E-state index in [-0.39, 0.29) is 17.6 Å². The molecule has 2 rings (SSSR count). The van der Waals surface area contributed by atoms with Crippen molar-refractivity contribution in [3.05, 3.63) is 36.3 Å². The number of anilines is 1. The Kier molecular flexibility index (Phi) is 4.65. The maximum atomic E-state index is 12.0. The van der Waals surface area contributed by atoms with E-state index in [0.29, 0.717) is 11.6 Å². The molecular weight excluding hydrogens is 256 g/mol. The van der Waals surface area contributed by atoms with Gasteiger partial charge in [0, 0.05) is 18.9 Å². The van der Waals surface area contributed by atoms with E-state index in [1.165, 1.54) is 6.20 Å². The van der Waals surface area contributed by atoms with Gasteiger partial charge in [0.2, 0.25) is 0 Å². The molecule has 1 atom stereocenters. The summed E-state index contributed by atoms with van der Waals surface area (Å²) in [5.74, 6) is 1.10. The Morgan fingerprint density at radius 2 is 2.20 bits per heavy atom. The molecule has 0 aliphatic heterocycles. The third-order valence-electron chi connectivity index (χ3n) is 2.72. The van der Waals surface area contributed by atoms with Gasteiger partial charge in [0.05, 0.1) is 18.4 Å². The van der Waals surface area contributed by atoms with Crippen molar-refractivity contribution in [2.24, 2.45) is 0 Å². The quantitative estimate of drug-likeness (QED) is 0.742. The number of nitrogens with one attached hydrogen (secondary N) is 3. The number of hydrogen-bond acceptors (Lipinski definition) is 5. The fourth-order valence-electron chi connectivity index (χ4n) is 1.64. The van der Waals surface area contributed by atoms with Crippen LogP contribution in [0.5, 0.6) is 0 Å². The van der Waals surface area contributed by atoms with Crippen LogP contribution < -0.4 is 10.6 Å². The van der Waals surface area contributed by atoms with E-state index < -0.39 is 0 Å². The van der Waals surface area contributed by atoms with Gasteiger partial charge in [-0.1, -0.05) is 6.92 Å². The minimum Gasteiger partial charge on any atom is -0.369 e. The Hall–Kier alpha value is -2.44. The molecule has 106 valence electrons. The molecule has 2 aromatic rings. The number of hydrogen-bond donors (Lipinski definition) is 3. The van der Waals surface area contributed by atoms with Gasteiger partial charge in [-0.3, -0.25) is 4.79 Å². The van der Waals surface area contributed by atoms with Crippen molar-refractivity contribution in [1.29, 1.82) is 0 Å². The van der Waals surface area contributed by atoms with Gasteiger partial charge in [0.25, 0.3) is 5.91 Å². The molecule has 1 amide bonds. The smallest absolute Gasteiger partial charge is 0.272 e. The monoisotopic (exact) mass is 274 g/mol. The lowest BCUT2D eigenvalue weighted by Crippen LogP contribution is -2.28. The lowest BCUT2D eigenvalue weighted by Gasteiger charge is -2.11. The molecule has 0 saturated carbocycles. The van der Waals surface area contributed by atoms with Crippen molar-refractivity contribution in [2.45, 2.75) is 26.3 Å². The number of rotatable bonds is 6. The molecule has 20 heavy (non-hydrogen) atoms. The fourth-order valence-corrected chi connectivity index (χ4v) is 1.64. The highest BCUT2D eigenvalue weighted by molar-refractivity contribution is 5.92. The SMILES string of the molecule is CCCNc1cnc(C(=O)NC(C)c2ncc[nH]2)cn1. The summed E-state index contributed by atoms with van der Waals surface area (Å²) in [6.45, 7) is 4.75. The van der Waals surface area contributed by atoms with Gasteiger partial charge in [-0.15, -0.1) is 0 Å². The predicted molar refractivity (Wildman–Crippen MR) is 75.3 cm³/mol. The molecule has 0 aromatic carbocycles. The summed E-state index contributed by atoms with van der Waals surface area (Å²) in [5, 5.41) is 5.91. The summed E-state index contributed by atoms with van der Waals surface area (Å²) >= 11 is 0. The van der Waals surface area contributed by atoms with Crippen molar-refractivity contribution in [1.82, 2.24) is 25.3 Å². The van der Waals surface area contributed by atoms with Crippen LogP contribution in [0.3, 0.4) is 0 Å². The Morgan fingerprint density at radius 3 is 2.80 bits per heavy atom. The second-order valence-corrected chi connectivity index (χ2v) is 4.38. The van der Waals surface area contributed by atoms with Crippen LogP contribution >= 0.6 is 0 Å². The molecule has 0 saturated heterocycles. The predicted octanol–water partition coefficient (Wildman–Crippen LogP) is 1.51. The molecule has 2 aromatic heterocycles. The van der Waals surface area contributed by atoms with Crippen LogP contribution in [0, 0.1) is 0 Å². The minimum atomic E-state index is -0.275. The van der Waals surface area contributed by atoms with Crippen molar-refractivity contribution >= 4 is 11.7 Å². The Morgan fingerprint density at radius 1 is 1.35 bits per heavy atom. The molecule has 3 N–H and O–H groups in total. The Labute approximate surface area is 117 Å². The van der Waals surface area contributed by atoms with Crippen LogP contribution in [-0.4, -0.2) is 32.4 Å². The van der Waals surface area contributed by atoms with E-state index in [0.717, 1.165) is 13.0 Å². The van der Waals surface area contributed by atoms with Crippen molar-refractivity contribution in [3.63, 3.8) is 0 Å². The summed E-state index contributed by atoms with van der Waals surface area (Å²) in [6, 6.07) is -0.211.